The van der Waals surface area contributed by atoms with E-state index in [0.717, 1.165) is 35.4 Å². The fourth-order valence-corrected chi connectivity index (χ4v) is 3.66. The van der Waals surface area contributed by atoms with Crippen LogP contribution in [0.1, 0.15) is 15.2 Å². The van der Waals surface area contributed by atoms with Gasteiger partial charge in [-0.15, -0.1) is 11.3 Å². The number of urea groups is 1. The zero-order valence-electron chi connectivity index (χ0n) is 14.7. The predicted octanol–water partition coefficient (Wildman–Crippen LogP) is 5.67. The number of amides is 3. The molecule has 1 aromatic carbocycles. The molecule has 2 aromatic heterocycles. The van der Waals surface area contributed by atoms with Crippen LogP contribution in [-0.2, 0) is 6.18 Å². The van der Waals surface area contributed by atoms with Crippen LogP contribution < -0.4 is 10.2 Å². The smallest absolute Gasteiger partial charge is 0.344 e. The van der Waals surface area contributed by atoms with E-state index < -0.39 is 23.7 Å². The van der Waals surface area contributed by atoms with Crippen molar-refractivity contribution >= 4 is 46.8 Å². The minimum absolute atomic E-state index is 0.200. The molecule has 0 aliphatic carbocycles. The van der Waals surface area contributed by atoms with Gasteiger partial charge in [0, 0.05) is 29.1 Å². The maximum absolute atomic E-state index is 12.7. The van der Waals surface area contributed by atoms with Crippen LogP contribution in [0.25, 0.3) is 0 Å². The SMILES string of the molecule is O=C(NC(=O)N(Oc1ccc(C(F)(F)F)cn1)Sc1ccccc1)c1ccc(Cl)s1. The lowest BCUT2D eigenvalue weighted by Crippen LogP contribution is -2.40. The molecule has 0 saturated heterocycles. The molecule has 156 valence electrons. The number of hydrogen-bond acceptors (Lipinski definition) is 6. The summed E-state index contributed by atoms with van der Waals surface area (Å²) in [5.74, 6) is -0.979. The Morgan fingerprint density at radius 2 is 1.83 bits per heavy atom. The average Bonchev–Trinajstić information content (AvgIpc) is 3.14. The van der Waals surface area contributed by atoms with Gasteiger partial charge in [0.25, 0.3) is 5.91 Å². The second-order valence-corrected chi connectivity index (χ2v) is 8.20. The molecular formula is C18H11ClF3N3O3S2. The van der Waals surface area contributed by atoms with Gasteiger partial charge in [0.2, 0.25) is 5.88 Å². The number of rotatable bonds is 5. The van der Waals surface area contributed by atoms with Crippen LogP contribution >= 0.6 is 34.9 Å². The van der Waals surface area contributed by atoms with Gasteiger partial charge in [0.15, 0.2) is 0 Å². The number of nitrogens with zero attached hydrogens (tertiary/aromatic N) is 2. The van der Waals surface area contributed by atoms with Crippen LogP contribution in [0.15, 0.2) is 65.7 Å². The molecule has 0 aliphatic rings. The number of hydroxylamine groups is 1. The van der Waals surface area contributed by atoms with E-state index in [-0.39, 0.29) is 10.8 Å². The van der Waals surface area contributed by atoms with Gasteiger partial charge in [-0.05, 0) is 30.3 Å². The highest BCUT2D eigenvalue weighted by Gasteiger charge is 2.31. The lowest BCUT2D eigenvalue weighted by Gasteiger charge is -2.20. The summed E-state index contributed by atoms with van der Waals surface area (Å²) in [6, 6.07) is 12.3. The molecular weight excluding hydrogens is 463 g/mol. The molecule has 0 bridgehead atoms. The van der Waals surface area contributed by atoms with Crippen molar-refractivity contribution in [2.75, 3.05) is 0 Å². The van der Waals surface area contributed by atoms with Crippen LogP contribution in [0.3, 0.4) is 0 Å². The molecule has 6 nitrogen and oxygen atoms in total. The number of alkyl halides is 3. The first-order valence-corrected chi connectivity index (χ1v) is 10.0. The van der Waals surface area contributed by atoms with Crippen molar-refractivity contribution in [1.82, 2.24) is 14.8 Å². The lowest BCUT2D eigenvalue weighted by atomic mass is 10.3. The molecule has 0 aliphatic heterocycles. The Hall–Kier alpha value is -2.76. The number of nitrogens with one attached hydrogen (secondary N) is 1. The Morgan fingerprint density at radius 3 is 2.40 bits per heavy atom. The van der Waals surface area contributed by atoms with Gasteiger partial charge in [-0.25, -0.2) is 9.78 Å². The third kappa shape index (κ3) is 5.88. The number of hydrogen-bond donors (Lipinski definition) is 1. The van der Waals surface area contributed by atoms with Crippen LogP contribution in [0.2, 0.25) is 4.34 Å². The summed E-state index contributed by atoms with van der Waals surface area (Å²) in [6.45, 7) is 0. The van der Waals surface area contributed by atoms with Gasteiger partial charge < -0.3 is 4.84 Å². The van der Waals surface area contributed by atoms with Crippen molar-refractivity contribution in [3.05, 3.63) is 75.6 Å². The molecule has 2 heterocycles. The van der Waals surface area contributed by atoms with E-state index >= 15 is 0 Å². The van der Waals surface area contributed by atoms with E-state index in [2.05, 4.69) is 10.3 Å². The summed E-state index contributed by atoms with van der Waals surface area (Å²) in [5, 5.41) is 2.13. The van der Waals surface area contributed by atoms with Gasteiger partial charge in [-0.3, -0.25) is 10.1 Å². The first kappa shape index (κ1) is 21.9. The number of carbonyl (C=O) groups is 2. The summed E-state index contributed by atoms with van der Waals surface area (Å²) in [6.07, 6.45) is -3.98. The summed E-state index contributed by atoms with van der Waals surface area (Å²) in [5.41, 5.74) is -0.966. The molecule has 3 rings (SSSR count). The van der Waals surface area contributed by atoms with Crippen molar-refractivity contribution in [3.63, 3.8) is 0 Å². The third-order valence-corrected chi connectivity index (χ3v) is 5.47. The highest BCUT2D eigenvalue weighted by molar-refractivity contribution is 7.97. The Kier molecular flexibility index (Phi) is 6.85. The number of halogens is 4. The molecule has 3 aromatic rings. The van der Waals surface area contributed by atoms with Gasteiger partial charge in [-0.2, -0.15) is 13.2 Å². The zero-order valence-corrected chi connectivity index (χ0v) is 17.1. The minimum Gasteiger partial charge on any atom is -0.344 e. The maximum atomic E-state index is 12.7. The largest absolute Gasteiger partial charge is 0.417 e. The normalized spacial score (nSPS) is 11.1. The van der Waals surface area contributed by atoms with Crippen LogP contribution in [-0.4, -0.2) is 21.4 Å². The fourth-order valence-electron chi connectivity index (χ4n) is 2.01. The molecule has 0 atom stereocenters. The molecule has 0 fully saturated rings. The topological polar surface area (TPSA) is 71.5 Å². The van der Waals surface area contributed by atoms with Crippen LogP contribution in [0.5, 0.6) is 5.88 Å². The number of carbonyl (C=O) groups excluding carboxylic acids is 2. The number of thiophene rings is 1. The average molecular weight is 474 g/mol. The second kappa shape index (κ2) is 9.37. The molecule has 1 N–H and O–H groups in total. The highest BCUT2D eigenvalue weighted by Crippen LogP contribution is 2.30. The number of benzene rings is 1. The van der Waals surface area contributed by atoms with Crippen LogP contribution in [0.4, 0.5) is 18.0 Å². The Labute approximate surface area is 181 Å². The van der Waals surface area contributed by atoms with Gasteiger partial charge in [0.1, 0.15) is 0 Å². The monoisotopic (exact) mass is 473 g/mol. The van der Waals surface area contributed by atoms with E-state index in [4.69, 9.17) is 16.4 Å². The van der Waals surface area contributed by atoms with Gasteiger partial charge in [-0.1, -0.05) is 34.3 Å². The molecule has 3 amide bonds. The van der Waals surface area contributed by atoms with E-state index in [1.54, 1.807) is 30.3 Å². The molecule has 0 saturated carbocycles. The maximum Gasteiger partial charge on any atom is 0.417 e. The summed E-state index contributed by atoms with van der Waals surface area (Å²) >= 11 is 7.57. The molecule has 0 unspecified atom stereocenters. The van der Waals surface area contributed by atoms with Gasteiger partial charge >= 0.3 is 12.2 Å². The molecule has 0 spiro atoms. The predicted molar refractivity (Wildman–Crippen MR) is 106 cm³/mol. The van der Waals surface area contributed by atoms with E-state index in [1.165, 1.54) is 12.1 Å². The standard InChI is InChI=1S/C18H11ClF3N3O3S2/c19-14-8-7-13(29-14)16(26)24-17(27)25(30-12-4-2-1-3-5-12)28-15-9-6-11(10-23-15)18(20,21)22/h1-10H,(H,24,26,27). The zero-order chi connectivity index (χ0) is 21.7. The second-order valence-electron chi connectivity index (χ2n) is 5.50. The first-order valence-electron chi connectivity index (χ1n) is 8.07. The van der Waals surface area contributed by atoms with E-state index in [0.29, 0.717) is 19.9 Å². The molecule has 30 heavy (non-hydrogen) atoms. The number of aromatic nitrogens is 1. The molecule has 0 radical (unpaired) electrons. The van der Waals surface area contributed by atoms with Crippen molar-refractivity contribution < 1.29 is 27.6 Å². The summed E-state index contributed by atoms with van der Waals surface area (Å²) < 4.78 is 39.2. The van der Waals surface area contributed by atoms with Crippen molar-refractivity contribution in [2.24, 2.45) is 0 Å². The number of pyridine rings is 1. The summed E-state index contributed by atoms with van der Waals surface area (Å²) in [4.78, 5) is 34.5. The third-order valence-electron chi connectivity index (χ3n) is 3.35. The Morgan fingerprint density at radius 1 is 1.10 bits per heavy atom. The summed E-state index contributed by atoms with van der Waals surface area (Å²) in [7, 11) is 0. The quantitative estimate of drug-likeness (QED) is 0.382. The van der Waals surface area contributed by atoms with Crippen molar-refractivity contribution in [3.8, 4) is 5.88 Å². The number of imide groups is 1. The van der Waals surface area contributed by atoms with E-state index in [9.17, 15) is 22.8 Å². The molecule has 12 heteroatoms. The highest BCUT2D eigenvalue weighted by atomic mass is 35.5. The van der Waals surface area contributed by atoms with Crippen molar-refractivity contribution in [2.45, 2.75) is 11.1 Å². The first-order chi connectivity index (χ1) is 14.2. The Bertz CT molecular complexity index is 1030. The lowest BCUT2D eigenvalue weighted by molar-refractivity contribution is -0.137. The van der Waals surface area contributed by atoms with Gasteiger partial charge in [0.05, 0.1) is 14.8 Å². The fraction of sp³-hybridized carbons (Fsp3) is 0.0556. The Balaban J connectivity index is 1.77. The minimum atomic E-state index is -4.56. The van der Waals surface area contributed by atoms with Crippen LogP contribution in [0, 0.1) is 0 Å². The van der Waals surface area contributed by atoms with E-state index in [1.807, 2.05) is 0 Å². The van der Waals surface area contributed by atoms with Crippen molar-refractivity contribution in [1.29, 1.82) is 0 Å².